The van der Waals surface area contributed by atoms with Crippen LogP contribution in [0, 0.1) is 0 Å². The molecule has 1 amide bonds. The summed E-state index contributed by atoms with van der Waals surface area (Å²) in [5.74, 6) is 1.33. The third-order valence-corrected chi connectivity index (χ3v) is 4.85. The van der Waals surface area contributed by atoms with Gasteiger partial charge in [-0.1, -0.05) is 32.9 Å². The van der Waals surface area contributed by atoms with Gasteiger partial charge in [-0.2, -0.15) is 0 Å². The smallest absolute Gasteiger partial charge is 0.263 e. The van der Waals surface area contributed by atoms with Crippen molar-refractivity contribution in [2.75, 3.05) is 13.2 Å². The number of carbonyl (C=O) groups is 1. The molecule has 122 valence electrons. The van der Waals surface area contributed by atoms with E-state index in [4.69, 9.17) is 9.47 Å². The molecular weight excluding hydrogens is 312 g/mol. The zero-order chi connectivity index (χ0) is 16.4. The van der Waals surface area contributed by atoms with Gasteiger partial charge in [0.2, 0.25) is 0 Å². The van der Waals surface area contributed by atoms with Crippen molar-refractivity contribution in [3.8, 4) is 11.5 Å². The van der Waals surface area contributed by atoms with Gasteiger partial charge in [-0.25, -0.2) is 4.98 Å². The molecule has 1 atom stereocenters. The van der Waals surface area contributed by atoms with Crippen LogP contribution in [-0.2, 0) is 5.41 Å². The van der Waals surface area contributed by atoms with Gasteiger partial charge < -0.3 is 14.8 Å². The van der Waals surface area contributed by atoms with Crippen LogP contribution in [0.25, 0.3) is 0 Å². The maximum absolute atomic E-state index is 12.2. The van der Waals surface area contributed by atoms with Crippen LogP contribution in [0.2, 0.25) is 0 Å². The molecule has 3 rings (SSSR count). The van der Waals surface area contributed by atoms with Crippen molar-refractivity contribution in [1.82, 2.24) is 10.3 Å². The number of ether oxygens (including phenoxy) is 2. The minimum Gasteiger partial charge on any atom is -0.486 e. The summed E-state index contributed by atoms with van der Waals surface area (Å²) in [7, 11) is 0. The fourth-order valence-electron chi connectivity index (χ4n) is 2.18. The average molecular weight is 332 g/mol. The van der Waals surface area contributed by atoms with Gasteiger partial charge in [0.25, 0.3) is 5.91 Å². The second kappa shape index (κ2) is 6.20. The molecule has 0 radical (unpaired) electrons. The molecular formula is C17H20N2O3S. The standard InChI is InChI=1S/C17H20N2O3S/c1-17(2,3)16-19-9-14(23-16)15(20)18-8-11-10-21-12-6-4-5-7-13(12)22-11/h4-7,9,11H,8,10H2,1-3H3,(H,18,20). The molecule has 0 spiro atoms. The fourth-order valence-corrected chi connectivity index (χ4v) is 3.07. The van der Waals surface area contributed by atoms with E-state index in [1.54, 1.807) is 6.20 Å². The summed E-state index contributed by atoms with van der Waals surface area (Å²) < 4.78 is 11.5. The number of amides is 1. The van der Waals surface area contributed by atoms with Crippen molar-refractivity contribution in [3.63, 3.8) is 0 Å². The Balaban J connectivity index is 1.57. The highest BCUT2D eigenvalue weighted by molar-refractivity contribution is 7.13. The van der Waals surface area contributed by atoms with Gasteiger partial charge in [0.05, 0.1) is 17.7 Å². The van der Waals surface area contributed by atoms with Crippen LogP contribution in [0.4, 0.5) is 0 Å². The molecule has 0 bridgehead atoms. The van der Waals surface area contributed by atoms with Crippen LogP contribution in [0.15, 0.2) is 30.5 Å². The maximum atomic E-state index is 12.2. The fraction of sp³-hybridized carbons (Fsp3) is 0.412. The summed E-state index contributed by atoms with van der Waals surface area (Å²) in [5.41, 5.74) is -0.0484. The highest BCUT2D eigenvalue weighted by Crippen LogP contribution is 2.31. The van der Waals surface area contributed by atoms with E-state index in [1.165, 1.54) is 11.3 Å². The number of hydrogen-bond donors (Lipinski definition) is 1. The SMILES string of the molecule is CC(C)(C)c1ncc(C(=O)NCC2COc3ccccc3O2)s1. The number of nitrogens with one attached hydrogen (secondary N) is 1. The van der Waals surface area contributed by atoms with Gasteiger partial charge in [-0.3, -0.25) is 4.79 Å². The lowest BCUT2D eigenvalue weighted by atomic mass is 9.98. The van der Waals surface area contributed by atoms with Gasteiger partial charge in [-0.05, 0) is 12.1 Å². The molecule has 6 heteroatoms. The molecule has 0 saturated heterocycles. The van der Waals surface area contributed by atoms with E-state index in [0.29, 0.717) is 23.8 Å². The van der Waals surface area contributed by atoms with Gasteiger partial charge in [0, 0.05) is 5.41 Å². The first-order chi connectivity index (χ1) is 10.9. The largest absolute Gasteiger partial charge is 0.486 e. The Morgan fingerprint density at radius 3 is 2.78 bits per heavy atom. The van der Waals surface area contributed by atoms with Gasteiger partial charge >= 0.3 is 0 Å². The van der Waals surface area contributed by atoms with Crippen molar-refractivity contribution in [3.05, 3.63) is 40.3 Å². The Labute approximate surface area is 139 Å². The number of thiazole rings is 1. The summed E-state index contributed by atoms with van der Waals surface area (Å²) in [4.78, 5) is 17.2. The zero-order valence-electron chi connectivity index (χ0n) is 13.5. The van der Waals surface area contributed by atoms with E-state index >= 15 is 0 Å². The number of nitrogens with zero attached hydrogens (tertiary/aromatic N) is 1. The van der Waals surface area contributed by atoms with Crippen molar-refractivity contribution in [2.24, 2.45) is 0 Å². The third-order valence-electron chi connectivity index (χ3n) is 3.43. The number of benzene rings is 1. The second-order valence-electron chi connectivity index (χ2n) is 6.49. The van der Waals surface area contributed by atoms with E-state index in [0.717, 1.165) is 10.8 Å². The number of aromatic nitrogens is 1. The lowest BCUT2D eigenvalue weighted by Gasteiger charge is -2.26. The Morgan fingerprint density at radius 1 is 1.35 bits per heavy atom. The van der Waals surface area contributed by atoms with E-state index in [9.17, 15) is 4.79 Å². The summed E-state index contributed by atoms with van der Waals surface area (Å²) in [6.45, 7) is 7.07. The second-order valence-corrected chi connectivity index (χ2v) is 7.52. The van der Waals surface area contributed by atoms with Crippen LogP contribution in [0.1, 0.15) is 35.5 Å². The Kier molecular flexibility index (Phi) is 4.26. The van der Waals surface area contributed by atoms with Gasteiger partial charge in [0.1, 0.15) is 17.6 Å². The molecule has 23 heavy (non-hydrogen) atoms. The molecule has 0 aliphatic carbocycles. The molecule has 1 aliphatic heterocycles. The molecule has 1 unspecified atom stereocenters. The first kappa shape index (κ1) is 15.8. The monoisotopic (exact) mass is 332 g/mol. The molecule has 0 saturated carbocycles. The molecule has 5 nitrogen and oxygen atoms in total. The van der Waals surface area contributed by atoms with Crippen molar-refractivity contribution >= 4 is 17.2 Å². The number of para-hydroxylation sites is 2. The number of fused-ring (bicyclic) bond motifs is 1. The van der Waals surface area contributed by atoms with Crippen LogP contribution in [-0.4, -0.2) is 30.1 Å². The first-order valence-corrected chi connectivity index (χ1v) is 8.38. The van der Waals surface area contributed by atoms with Crippen LogP contribution in [0.3, 0.4) is 0 Å². The summed E-state index contributed by atoms with van der Waals surface area (Å²) in [5, 5.41) is 3.84. The Hall–Kier alpha value is -2.08. The highest BCUT2D eigenvalue weighted by atomic mass is 32.1. The molecule has 0 fully saturated rings. The Bertz CT molecular complexity index is 706. The minimum atomic E-state index is -0.191. The van der Waals surface area contributed by atoms with E-state index in [1.807, 2.05) is 24.3 Å². The average Bonchev–Trinajstić information content (AvgIpc) is 3.02. The van der Waals surface area contributed by atoms with Crippen LogP contribution in [0.5, 0.6) is 11.5 Å². The van der Waals surface area contributed by atoms with Gasteiger partial charge in [-0.15, -0.1) is 11.3 Å². The summed E-state index contributed by atoms with van der Waals surface area (Å²) in [6.07, 6.45) is 1.44. The predicted molar refractivity (Wildman–Crippen MR) is 89.5 cm³/mol. The summed E-state index contributed by atoms with van der Waals surface area (Å²) >= 11 is 1.43. The minimum absolute atomic E-state index is 0.0484. The normalized spacial score (nSPS) is 16.9. The van der Waals surface area contributed by atoms with Gasteiger partial charge in [0.15, 0.2) is 11.5 Å². The van der Waals surface area contributed by atoms with Crippen LogP contribution < -0.4 is 14.8 Å². The number of hydrogen-bond acceptors (Lipinski definition) is 5. The molecule has 2 heterocycles. The van der Waals surface area contributed by atoms with Crippen molar-refractivity contribution < 1.29 is 14.3 Å². The maximum Gasteiger partial charge on any atom is 0.263 e. The van der Waals surface area contributed by atoms with E-state index < -0.39 is 0 Å². The lowest BCUT2D eigenvalue weighted by molar-refractivity contribution is 0.0791. The Morgan fingerprint density at radius 2 is 2.09 bits per heavy atom. The molecule has 1 aromatic heterocycles. The van der Waals surface area contributed by atoms with Crippen molar-refractivity contribution in [2.45, 2.75) is 32.3 Å². The number of rotatable bonds is 3. The van der Waals surface area contributed by atoms with Crippen LogP contribution >= 0.6 is 11.3 Å². The molecule has 2 aromatic rings. The number of carbonyl (C=O) groups excluding carboxylic acids is 1. The zero-order valence-corrected chi connectivity index (χ0v) is 14.3. The molecule has 1 N–H and O–H groups in total. The topological polar surface area (TPSA) is 60.5 Å². The van der Waals surface area contributed by atoms with E-state index in [-0.39, 0.29) is 17.4 Å². The highest BCUT2D eigenvalue weighted by Gasteiger charge is 2.23. The molecule has 1 aliphatic rings. The lowest BCUT2D eigenvalue weighted by Crippen LogP contribution is -2.40. The summed E-state index contributed by atoms with van der Waals surface area (Å²) in [6, 6.07) is 7.53. The third kappa shape index (κ3) is 3.64. The quantitative estimate of drug-likeness (QED) is 0.938. The van der Waals surface area contributed by atoms with E-state index in [2.05, 4.69) is 31.1 Å². The molecule has 1 aromatic carbocycles. The predicted octanol–water partition coefficient (Wildman–Crippen LogP) is 3.01. The first-order valence-electron chi connectivity index (χ1n) is 7.56. The van der Waals surface area contributed by atoms with Crippen molar-refractivity contribution in [1.29, 1.82) is 0 Å².